The van der Waals surface area contributed by atoms with Crippen LogP contribution in [0.15, 0.2) is 39.9 Å². The Morgan fingerprint density at radius 3 is 2.80 bits per heavy atom. The van der Waals surface area contributed by atoms with Crippen molar-refractivity contribution in [1.82, 2.24) is 5.43 Å². The summed E-state index contributed by atoms with van der Waals surface area (Å²) < 4.78 is 17.4. The maximum absolute atomic E-state index is 12.5. The molecule has 2 aromatic carbocycles. The highest BCUT2D eigenvalue weighted by atomic mass is 79.9. The second-order valence-electron chi connectivity index (χ2n) is 7.85. The second-order valence-corrected chi connectivity index (χ2v) is 8.70. The maximum Gasteiger partial charge on any atom is 0.284 e. The van der Waals surface area contributed by atoms with Crippen LogP contribution in [0.2, 0.25) is 0 Å². The summed E-state index contributed by atoms with van der Waals surface area (Å²) in [5, 5.41) is 14.0. The number of nitrogens with zero attached hydrogens (tertiary/aromatic N) is 1. The quantitative estimate of drug-likeness (QED) is 0.499. The fourth-order valence-electron chi connectivity index (χ4n) is 2.84. The lowest BCUT2D eigenvalue weighted by atomic mass is 9.87. The molecule has 8 heteroatoms. The predicted molar refractivity (Wildman–Crippen MR) is 118 cm³/mol. The first-order valence-electron chi connectivity index (χ1n) is 9.61. The molecule has 1 heterocycles. The van der Waals surface area contributed by atoms with E-state index in [9.17, 15) is 9.90 Å². The van der Waals surface area contributed by atoms with Gasteiger partial charge in [0.15, 0.2) is 23.0 Å². The van der Waals surface area contributed by atoms with E-state index in [1.807, 2.05) is 25.1 Å². The molecule has 1 atom stereocenters. The number of carbonyl (C=O) groups excluding carboxylic acids is 1. The summed E-state index contributed by atoms with van der Waals surface area (Å²) in [6.45, 7) is 8.66. The number of hydrogen-bond acceptors (Lipinski definition) is 6. The summed E-state index contributed by atoms with van der Waals surface area (Å²) >= 11 is 3.27. The minimum atomic E-state index is -0.810. The molecule has 0 spiro atoms. The van der Waals surface area contributed by atoms with Gasteiger partial charge in [0.1, 0.15) is 6.61 Å². The number of fused-ring (bicyclic) bond motifs is 1. The monoisotopic (exact) mass is 476 g/mol. The van der Waals surface area contributed by atoms with Gasteiger partial charge < -0.3 is 19.3 Å². The number of aromatic hydroxyl groups is 1. The van der Waals surface area contributed by atoms with Crippen molar-refractivity contribution in [3.63, 3.8) is 0 Å². The lowest BCUT2D eigenvalue weighted by Gasteiger charge is -2.27. The van der Waals surface area contributed by atoms with Crippen molar-refractivity contribution in [2.75, 3.05) is 13.2 Å². The summed E-state index contributed by atoms with van der Waals surface area (Å²) in [5.74, 6) is 1.09. The smallest absolute Gasteiger partial charge is 0.284 e. The van der Waals surface area contributed by atoms with Gasteiger partial charge in [-0.25, -0.2) is 5.43 Å². The number of phenols is 1. The van der Waals surface area contributed by atoms with Crippen LogP contribution in [0.4, 0.5) is 0 Å². The van der Waals surface area contributed by atoms with Crippen molar-refractivity contribution in [1.29, 1.82) is 0 Å². The minimum absolute atomic E-state index is 0.0130. The molecule has 3 rings (SSSR count). The number of ether oxygens (including phenoxy) is 3. The second kappa shape index (κ2) is 8.95. The fraction of sp³-hybridized carbons (Fsp3) is 0.364. The van der Waals surface area contributed by atoms with E-state index in [1.165, 1.54) is 6.21 Å². The molecule has 7 nitrogen and oxygen atoms in total. The first kappa shape index (κ1) is 22.0. The Hall–Kier alpha value is -2.74. The number of phenolic OH excluding ortho intramolecular Hbond substituents is 1. The van der Waals surface area contributed by atoms with Gasteiger partial charge in [-0.1, -0.05) is 26.8 Å². The predicted octanol–water partition coefficient (Wildman–Crippen LogP) is 4.14. The van der Waals surface area contributed by atoms with E-state index in [1.54, 1.807) is 12.1 Å². The summed E-state index contributed by atoms with van der Waals surface area (Å²) in [7, 11) is 0. The van der Waals surface area contributed by atoms with Crippen molar-refractivity contribution in [3.8, 4) is 23.0 Å². The van der Waals surface area contributed by atoms with Crippen LogP contribution in [0.3, 0.4) is 0 Å². The summed E-state index contributed by atoms with van der Waals surface area (Å²) in [6, 6.07) is 9.06. The maximum atomic E-state index is 12.5. The number of nitrogens with one attached hydrogen (secondary N) is 1. The molecule has 160 valence electrons. The average molecular weight is 477 g/mol. The van der Waals surface area contributed by atoms with Crippen LogP contribution in [-0.2, 0) is 10.2 Å². The van der Waals surface area contributed by atoms with Gasteiger partial charge in [0.05, 0.1) is 17.3 Å². The van der Waals surface area contributed by atoms with Crippen LogP contribution in [0.25, 0.3) is 0 Å². The largest absolute Gasteiger partial charge is 0.503 e. The number of benzene rings is 2. The third-order valence-electron chi connectivity index (χ3n) is 4.50. The van der Waals surface area contributed by atoms with Crippen molar-refractivity contribution in [3.05, 3.63) is 45.9 Å². The molecule has 2 N–H and O–H groups in total. The van der Waals surface area contributed by atoms with Crippen molar-refractivity contribution in [2.45, 2.75) is 39.2 Å². The number of rotatable bonds is 5. The van der Waals surface area contributed by atoms with E-state index < -0.39 is 12.0 Å². The SMILES string of the molecule is CCOc1cc(/C=N/NC(=O)[C@H]2COc3ccc(C(C)(C)C)cc3O2)cc(Br)c1O. The topological polar surface area (TPSA) is 89.4 Å². The zero-order valence-electron chi connectivity index (χ0n) is 17.4. The number of halogens is 1. The van der Waals surface area contributed by atoms with Gasteiger partial charge in [-0.05, 0) is 63.7 Å². The summed E-state index contributed by atoms with van der Waals surface area (Å²) in [5.41, 5.74) is 4.16. The van der Waals surface area contributed by atoms with Crippen LogP contribution in [0, 0.1) is 0 Å². The molecule has 1 aliphatic heterocycles. The minimum Gasteiger partial charge on any atom is -0.503 e. The van der Waals surface area contributed by atoms with Crippen LogP contribution in [-0.4, -0.2) is 36.5 Å². The highest BCUT2D eigenvalue weighted by molar-refractivity contribution is 9.10. The van der Waals surface area contributed by atoms with Crippen LogP contribution in [0.5, 0.6) is 23.0 Å². The number of hydrogen-bond donors (Lipinski definition) is 2. The molecule has 30 heavy (non-hydrogen) atoms. The average Bonchev–Trinajstić information content (AvgIpc) is 2.70. The number of hydrazone groups is 1. The summed E-state index contributed by atoms with van der Waals surface area (Å²) in [6.07, 6.45) is 0.648. The van der Waals surface area contributed by atoms with E-state index in [-0.39, 0.29) is 17.8 Å². The van der Waals surface area contributed by atoms with Gasteiger partial charge in [0.2, 0.25) is 6.10 Å². The Kier molecular flexibility index (Phi) is 6.55. The Morgan fingerprint density at radius 2 is 2.10 bits per heavy atom. The molecule has 2 aromatic rings. The van der Waals surface area contributed by atoms with Crippen molar-refractivity contribution >= 4 is 28.1 Å². The summed E-state index contributed by atoms with van der Waals surface area (Å²) in [4.78, 5) is 12.5. The van der Waals surface area contributed by atoms with Gasteiger partial charge >= 0.3 is 0 Å². The lowest BCUT2D eigenvalue weighted by Crippen LogP contribution is -2.42. The molecular weight excluding hydrogens is 452 g/mol. The third kappa shape index (κ3) is 5.05. The first-order chi connectivity index (χ1) is 14.2. The first-order valence-corrected chi connectivity index (χ1v) is 10.4. The Balaban J connectivity index is 1.66. The molecular formula is C22H25BrN2O5. The molecule has 0 saturated carbocycles. The van der Waals surface area contributed by atoms with E-state index >= 15 is 0 Å². The van der Waals surface area contributed by atoms with Crippen LogP contribution < -0.4 is 19.6 Å². The molecule has 1 amide bonds. The van der Waals surface area contributed by atoms with Crippen molar-refractivity contribution in [2.24, 2.45) is 5.10 Å². The van der Waals surface area contributed by atoms with Gasteiger partial charge in [-0.2, -0.15) is 5.10 Å². The van der Waals surface area contributed by atoms with Crippen LogP contribution >= 0.6 is 15.9 Å². The molecule has 0 fully saturated rings. The van der Waals surface area contributed by atoms with Crippen LogP contribution in [0.1, 0.15) is 38.8 Å². The van der Waals surface area contributed by atoms with Gasteiger partial charge in [-0.15, -0.1) is 0 Å². The zero-order chi connectivity index (χ0) is 21.9. The molecule has 0 radical (unpaired) electrons. The number of amides is 1. The highest BCUT2D eigenvalue weighted by Crippen LogP contribution is 2.36. The fourth-order valence-corrected chi connectivity index (χ4v) is 3.30. The Morgan fingerprint density at radius 1 is 1.33 bits per heavy atom. The Bertz CT molecular complexity index is 969. The van der Waals surface area contributed by atoms with Gasteiger partial charge in [0, 0.05) is 0 Å². The van der Waals surface area contributed by atoms with Gasteiger partial charge in [0.25, 0.3) is 5.91 Å². The van der Waals surface area contributed by atoms with E-state index in [2.05, 4.69) is 47.2 Å². The normalized spacial score (nSPS) is 15.8. The zero-order valence-corrected chi connectivity index (χ0v) is 18.9. The number of carbonyl (C=O) groups is 1. The standard InChI is InChI=1S/C22H25BrN2O5/c1-5-28-18-9-13(8-15(23)20(18)26)11-24-25-21(27)19-12-29-16-7-6-14(22(2,3)4)10-17(16)30-19/h6-11,19,26H,5,12H2,1-4H3,(H,25,27)/b24-11+/t19-/m1/s1. The van der Waals surface area contributed by atoms with E-state index in [0.29, 0.717) is 33.9 Å². The van der Waals surface area contributed by atoms with E-state index in [4.69, 9.17) is 14.2 Å². The lowest BCUT2D eigenvalue weighted by molar-refractivity contribution is -0.130. The van der Waals surface area contributed by atoms with E-state index in [0.717, 1.165) is 5.56 Å². The highest BCUT2D eigenvalue weighted by Gasteiger charge is 2.28. The van der Waals surface area contributed by atoms with Crippen molar-refractivity contribution < 1.29 is 24.1 Å². The third-order valence-corrected chi connectivity index (χ3v) is 5.11. The molecule has 0 aromatic heterocycles. The molecule has 0 saturated heterocycles. The Labute approximate surface area is 184 Å². The molecule has 0 bridgehead atoms. The molecule has 1 aliphatic rings. The molecule has 0 unspecified atom stereocenters. The molecule has 0 aliphatic carbocycles. The van der Waals surface area contributed by atoms with Gasteiger partial charge in [-0.3, -0.25) is 4.79 Å².